The van der Waals surface area contributed by atoms with Crippen LogP contribution in [0.1, 0.15) is 24.2 Å². The third-order valence-electron chi connectivity index (χ3n) is 3.47. The number of fused-ring (bicyclic) bond motifs is 1. The minimum Gasteiger partial charge on any atom is -0.349 e. The van der Waals surface area contributed by atoms with Crippen LogP contribution in [0.2, 0.25) is 0 Å². The fourth-order valence-corrected chi connectivity index (χ4v) is 2.46. The summed E-state index contributed by atoms with van der Waals surface area (Å²) in [6, 6.07) is 14.0. The molecule has 3 heteroatoms. The third kappa shape index (κ3) is 3.35. The van der Waals surface area contributed by atoms with Crippen LogP contribution in [-0.4, -0.2) is 17.3 Å². The summed E-state index contributed by atoms with van der Waals surface area (Å²) in [5, 5.41) is 6.17. The zero-order valence-electron chi connectivity index (χ0n) is 11.2. The lowest BCUT2D eigenvalue weighted by molar-refractivity contribution is 0.0931. The maximum absolute atomic E-state index is 12.2. The van der Waals surface area contributed by atoms with E-state index in [4.69, 9.17) is 0 Å². The summed E-state index contributed by atoms with van der Waals surface area (Å²) in [7, 11) is 0. The Morgan fingerprint density at radius 2 is 1.84 bits per heavy atom. The topological polar surface area (TPSA) is 29.1 Å². The molecule has 2 aromatic rings. The molecule has 0 saturated heterocycles. The second-order valence-corrected chi connectivity index (χ2v) is 5.60. The Kier molecular flexibility index (Phi) is 4.59. The van der Waals surface area contributed by atoms with Crippen LogP contribution >= 0.6 is 15.9 Å². The van der Waals surface area contributed by atoms with Gasteiger partial charge >= 0.3 is 0 Å². The molecule has 2 aromatic carbocycles. The number of carbonyl (C=O) groups excluding carboxylic acids is 1. The Bertz CT molecular complexity index is 582. The zero-order chi connectivity index (χ0) is 13.8. The molecule has 0 spiro atoms. The number of benzene rings is 2. The first-order valence-corrected chi connectivity index (χ1v) is 7.59. The Morgan fingerprint density at radius 3 is 2.53 bits per heavy atom. The molecule has 0 aromatic heterocycles. The molecule has 0 bridgehead atoms. The molecular weight excluding hydrogens is 302 g/mol. The third-order valence-corrected chi connectivity index (χ3v) is 4.49. The fourth-order valence-electron chi connectivity index (χ4n) is 1.90. The number of hydrogen-bond acceptors (Lipinski definition) is 1. The van der Waals surface area contributed by atoms with Gasteiger partial charge in [-0.15, -0.1) is 0 Å². The van der Waals surface area contributed by atoms with Crippen molar-refractivity contribution in [3.05, 3.63) is 48.0 Å². The molecule has 2 nitrogen and oxygen atoms in total. The quantitative estimate of drug-likeness (QED) is 0.848. The van der Waals surface area contributed by atoms with Crippen molar-refractivity contribution in [1.82, 2.24) is 5.32 Å². The van der Waals surface area contributed by atoms with Gasteiger partial charge in [0.25, 0.3) is 5.91 Å². The normalized spacial score (nSPS) is 14.1. The van der Waals surface area contributed by atoms with Crippen LogP contribution in [-0.2, 0) is 0 Å². The average molecular weight is 320 g/mol. The predicted octanol–water partition coefficient (Wildman–Crippen LogP) is 3.99. The summed E-state index contributed by atoms with van der Waals surface area (Å²) >= 11 is 3.44. The number of halogens is 1. The van der Waals surface area contributed by atoms with Gasteiger partial charge in [-0.05, 0) is 35.7 Å². The van der Waals surface area contributed by atoms with Crippen molar-refractivity contribution in [2.24, 2.45) is 5.92 Å². The summed E-state index contributed by atoms with van der Waals surface area (Å²) in [5.74, 6) is 0.399. The van der Waals surface area contributed by atoms with Crippen LogP contribution in [0.4, 0.5) is 0 Å². The molecule has 0 aliphatic rings. The SMILES string of the molecule is CC(CBr)C(C)NC(=O)c1ccc2ccccc2c1. The van der Waals surface area contributed by atoms with Gasteiger partial charge in [0, 0.05) is 16.9 Å². The monoisotopic (exact) mass is 319 g/mol. The van der Waals surface area contributed by atoms with E-state index in [0.717, 1.165) is 16.1 Å². The highest BCUT2D eigenvalue weighted by Gasteiger charge is 2.14. The highest BCUT2D eigenvalue weighted by molar-refractivity contribution is 9.09. The number of nitrogens with one attached hydrogen (secondary N) is 1. The zero-order valence-corrected chi connectivity index (χ0v) is 12.8. The molecule has 1 N–H and O–H groups in total. The lowest BCUT2D eigenvalue weighted by Crippen LogP contribution is -2.37. The number of alkyl halides is 1. The number of rotatable bonds is 4. The summed E-state index contributed by atoms with van der Waals surface area (Å²) in [6.07, 6.45) is 0. The Morgan fingerprint density at radius 1 is 1.16 bits per heavy atom. The van der Waals surface area contributed by atoms with E-state index in [2.05, 4.69) is 28.2 Å². The van der Waals surface area contributed by atoms with Crippen LogP contribution in [0, 0.1) is 5.92 Å². The standard InChI is InChI=1S/C16H18BrNO/c1-11(10-17)12(2)18-16(19)15-8-7-13-5-3-4-6-14(13)9-15/h3-9,11-12H,10H2,1-2H3,(H,18,19). The molecule has 0 heterocycles. The Hall–Kier alpha value is -1.35. The number of carbonyl (C=O) groups is 1. The van der Waals surface area contributed by atoms with Gasteiger partial charge in [-0.3, -0.25) is 4.79 Å². The van der Waals surface area contributed by atoms with Gasteiger partial charge in [-0.2, -0.15) is 0 Å². The van der Waals surface area contributed by atoms with Gasteiger partial charge in [0.2, 0.25) is 0 Å². The molecule has 19 heavy (non-hydrogen) atoms. The minimum absolute atomic E-state index is 0.00828. The van der Waals surface area contributed by atoms with Gasteiger partial charge in [0.1, 0.15) is 0 Å². The maximum Gasteiger partial charge on any atom is 0.251 e. The molecule has 2 rings (SSSR count). The van der Waals surface area contributed by atoms with Gasteiger partial charge in [-0.1, -0.05) is 53.2 Å². The Labute approximate surface area is 122 Å². The van der Waals surface area contributed by atoms with Crippen LogP contribution in [0.3, 0.4) is 0 Å². The van der Waals surface area contributed by atoms with E-state index >= 15 is 0 Å². The van der Waals surface area contributed by atoms with Gasteiger partial charge in [0.15, 0.2) is 0 Å². The number of amides is 1. The van der Waals surface area contributed by atoms with Crippen molar-refractivity contribution in [3.63, 3.8) is 0 Å². The van der Waals surface area contributed by atoms with Crippen LogP contribution in [0.25, 0.3) is 10.8 Å². The summed E-state index contributed by atoms with van der Waals surface area (Å²) in [5.41, 5.74) is 0.715. The molecule has 2 unspecified atom stereocenters. The van der Waals surface area contributed by atoms with Crippen molar-refractivity contribution in [3.8, 4) is 0 Å². The van der Waals surface area contributed by atoms with Gasteiger partial charge < -0.3 is 5.32 Å². The van der Waals surface area contributed by atoms with Gasteiger partial charge in [0.05, 0.1) is 0 Å². The minimum atomic E-state index is -0.00828. The highest BCUT2D eigenvalue weighted by atomic mass is 79.9. The Balaban J connectivity index is 2.17. The molecule has 0 aliphatic carbocycles. The van der Waals surface area contributed by atoms with E-state index in [-0.39, 0.29) is 11.9 Å². The van der Waals surface area contributed by atoms with E-state index in [1.165, 1.54) is 0 Å². The first-order chi connectivity index (χ1) is 9.11. The van der Waals surface area contributed by atoms with Crippen LogP contribution < -0.4 is 5.32 Å². The molecule has 0 aliphatic heterocycles. The van der Waals surface area contributed by atoms with Crippen LogP contribution in [0.5, 0.6) is 0 Å². The van der Waals surface area contributed by atoms with E-state index in [1.54, 1.807) is 0 Å². The smallest absolute Gasteiger partial charge is 0.251 e. The summed E-state index contributed by atoms with van der Waals surface area (Å²) < 4.78 is 0. The first kappa shape index (κ1) is 14.1. The average Bonchev–Trinajstić information content (AvgIpc) is 2.45. The van der Waals surface area contributed by atoms with Crippen molar-refractivity contribution in [1.29, 1.82) is 0 Å². The van der Waals surface area contributed by atoms with Crippen molar-refractivity contribution in [2.75, 3.05) is 5.33 Å². The number of hydrogen-bond donors (Lipinski definition) is 1. The summed E-state index contributed by atoms with van der Waals surface area (Å²) in [6.45, 7) is 4.14. The molecule has 0 saturated carbocycles. The molecule has 1 amide bonds. The van der Waals surface area contributed by atoms with E-state index in [9.17, 15) is 4.79 Å². The molecular formula is C16H18BrNO. The highest BCUT2D eigenvalue weighted by Crippen LogP contribution is 2.16. The van der Waals surface area contributed by atoms with Crippen molar-refractivity contribution >= 4 is 32.6 Å². The first-order valence-electron chi connectivity index (χ1n) is 6.47. The lowest BCUT2D eigenvalue weighted by Gasteiger charge is -2.19. The second-order valence-electron chi connectivity index (χ2n) is 4.96. The van der Waals surface area contributed by atoms with E-state index in [0.29, 0.717) is 11.5 Å². The van der Waals surface area contributed by atoms with Crippen molar-refractivity contribution in [2.45, 2.75) is 19.9 Å². The van der Waals surface area contributed by atoms with E-state index < -0.39 is 0 Å². The maximum atomic E-state index is 12.2. The largest absolute Gasteiger partial charge is 0.349 e. The van der Waals surface area contributed by atoms with E-state index in [1.807, 2.05) is 49.4 Å². The second kappa shape index (κ2) is 6.20. The lowest BCUT2D eigenvalue weighted by atomic mass is 10.0. The summed E-state index contributed by atoms with van der Waals surface area (Å²) in [4.78, 5) is 12.2. The fraction of sp³-hybridized carbons (Fsp3) is 0.312. The molecule has 100 valence electrons. The molecule has 0 radical (unpaired) electrons. The predicted molar refractivity (Wildman–Crippen MR) is 83.8 cm³/mol. The van der Waals surface area contributed by atoms with Crippen molar-refractivity contribution < 1.29 is 4.79 Å². The molecule has 2 atom stereocenters. The van der Waals surface area contributed by atoms with Gasteiger partial charge in [-0.25, -0.2) is 0 Å². The molecule has 0 fully saturated rings. The van der Waals surface area contributed by atoms with Crippen LogP contribution in [0.15, 0.2) is 42.5 Å².